The molecule has 0 amide bonds. The van der Waals surface area contributed by atoms with E-state index in [1.807, 2.05) is 54.3 Å². The van der Waals surface area contributed by atoms with Crippen molar-refractivity contribution < 1.29 is 4.52 Å². The Morgan fingerprint density at radius 1 is 1.14 bits per heavy atom. The third-order valence-corrected chi connectivity index (χ3v) is 5.17. The highest BCUT2D eigenvalue weighted by atomic mass is 79.9. The zero-order valence-electron chi connectivity index (χ0n) is 14.8. The Morgan fingerprint density at radius 2 is 2.04 bits per heavy atom. The van der Waals surface area contributed by atoms with Crippen molar-refractivity contribution in [3.63, 3.8) is 0 Å². The van der Waals surface area contributed by atoms with Crippen molar-refractivity contribution in [3.05, 3.63) is 74.9 Å². The molecule has 0 saturated carbocycles. The van der Waals surface area contributed by atoms with Crippen LogP contribution in [0.1, 0.15) is 11.5 Å². The fourth-order valence-electron chi connectivity index (χ4n) is 3.28. The maximum Gasteiger partial charge on any atom is 0.259 e. The van der Waals surface area contributed by atoms with E-state index < -0.39 is 0 Å². The lowest BCUT2D eigenvalue weighted by Gasteiger charge is -2.00. The third kappa shape index (κ3) is 2.91. The number of halogens is 1. The normalized spacial score (nSPS) is 11.5. The highest BCUT2D eigenvalue weighted by molar-refractivity contribution is 9.10. The number of fused-ring (bicyclic) bond motifs is 2. The van der Waals surface area contributed by atoms with Crippen LogP contribution in [0.3, 0.4) is 0 Å². The van der Waals surface area contributed by atoms with Gasteiger partial charge in [-0.2, -0.15) is 10.1 Å². The molecule has 5 rings (SSSR count). The van der Waals surface area contributed by atoms with Gasteiger partial charge in [-0.15, -0.1) is 0 Å². The molecule has 0 atom stereocenters. The van der Waals surface area contributed by atoms with Crippen LogP contribution in [0, 0.1) is 0 Å². The van der Waals surface area contributed by atoms with Crippen LogP contribution in [0.15, 0.2) is 62.5 Å². The second-order valence-electron chi connectivity index (χ2n) is 6.59. The molecule has 28 heavy (non-hydrogen) atoms. The van der Waals surface area contributed by atoms with E-state index in [9.17, 15) is 4.79 Å². The van der Waals surface area contributed by atoms with Gasteiger partial charge in [0.05, 0.1) is 23.7 Å². The first-order valence-corrected chi connectivity index (χ1v) is 9.42. The van der Waals surface area contributed by atoms with Crippen LogP contribution in [0.25, 0.3) is 33.2 Å². The van der Waals surface area contributed by atoms with Crippen molar-refractivity contribution in [2.24, 2.45) is 7.05 Å². The molecule has 0 spiro atoms. The van der Waals surface area contributed by atoms with E-state index >= 15 is 0 Å². The second kappa shape index (κ2) is 6.42. The summed E-state index contributed by atoms with van der Waals surface area (Å²) in [5.41, 5.74) is 2.98. The zero-order chi connectivity index (χ0) is 19.3. The van der Waals surface area contributed by atoms with Crippen LogP contribution in [0.4, 0.5) is 0 Å². The van der Waals surface area contributed by atoms with Crippen LogP contribution < -0.4 is 5.56 Å². The maximum atomic E-state index is 12.4. The molecule has 0 fully saturated rings. The molecule has 2 aromatic carbocycles. The Morgan fingerprint density at radius 3 is 2.93 bits per heavy atom. The molecule has 0 bridgehead atoms. The molecule has 0 aliphatic rings. The third-order valence-electron chi connectivity index (χ3n) is 4.68. The molecule has 0 radical (unpaired) electrons. The Labute approximate surface area is 167 Å². The average Bonchev–Trinajstić information content (AvgIpc) is 3.28. The predicted octanol–water partition coefficient (Wildman–Crippen LogP) is 3.82. The average molecular weight is 436 g/mol. The largest absolute Gasteiger partial charge is 0.339 e. The summed E-state index contributed by atoms with van der Waals surface area (Å²) < 4.78 is 8.14. The molecule has 5 aromatic rings. The van der Waals surface area contributed by atoms with E-state index in [0.29, 0.717) is 17.9 Å². The molecule has 0 unspecified atom stereocenters. The lowest BCUT2D eigenvalue weighted by Crippen LogP contribution is -2.09. The number of aromatic amines is 1. The Hall–Kier alpha value is -3.26. The minimum absolute atomic E-state index is 0.251. The van der Waals surface area contributed by atoms with Gasteiger partial charge in [-0.3, -0.25) is 9.48 Å². The Balaban J connectivity index is 1.49. The lowest BCUT2D eigenvalue weighted by atomic mass is 10.1. The van der Waals surface area contributed by atoms with E-state index in [-0.39, 0.29) is 11.4 Å². The van der Waals surface area contributed by atoms with Crippen LogP contribution >= 0.6 is 15.9 Å². The van der Waals surface area contributed by atoms with Crippen LogP contribution in [-0.4, -0.2) is 24.9 Å². The molecule has 0 aliphatic carbocycles. The van der Waals surface area contributed by atoms with Crippen molar-refractivity contribution in [2.75, 3.05) is 0 Å². The van der Waals surface area contributed by atoms with Gasteiger partial charge < -0.3 is 9.51 Å². The van der Waals surface area contributed by atoms with Crippen molar-refractivity contribution in [1.29, 1.82) is 0 Å². The number of nitrogens with one attached hydrogen (secondary N) is 1. The monoisotopic (exact) mass is 435 g/mol. The number of H-pyrrole nitrogens is 1. The van der Waals surface area contributed by atoms with Crippen molar-refractivity contribution in [2.45, 2.75) is 6.42 Å². The molecule has 3 aromatic heterocycles. The molecule has 7 nitrogen and oxygen atoms in total. The number of rotatable bonds is 3. The van der Waals surface area contributed by atoms with Gasteiger partial charge in [0.15, 0.2) is 0 Å². The number of hydrogen-bond acceptors (Lipinski definition) is 5. The predicted molar refractivity (Wildman–Crippen MR) is 109 cm³/mol. The first-order valence-electron chi connectivity index (χ1n) is 8.63. The quantitative estimate of drug-likeness (QED) is 0.465. The van der Waals surface area contributed by atoms with Crippen molar-refractivity contribution in [1.82, 2.24) is 24.9 Å². The van der Waals surface area contributed by atoms with Gasteiger partial charge in [-0.05, 0) is 42.0 Å². The smallest absolute Gasteiger partial charge is 0.259 e. The highest BCUT2D eigenvalue weighted by Gasteiger charge is 2.14. The topological polar surface area (TPSA) is 89.6 Å². The number of hydrogen-bond donors (Lipinski definition) is 1. The number of aromatic nitrogens is 5. The summed E-state index contributed by atoms with van der Waals surface area (Å²) in [5, 5.41) is 10.2. The van der Waals surface area contributed by atoms with E-state index in [2.05, 4.69) is 36.2 Å². The van der Waals surface area contributed by atoms with Crippen LogP contribution in [0.5, 0.6) is 0 Å². The fraction of sp³-hybridized carbons (Fsp3) is 0.100. The first kappa shape index (κ1) is 16.9. The van der Waals surface area contributed by atoms with E-state index in [0.717, 1.165) is 31.8 Å². The summed E-state index contributed by atoms with van der Waals surface area (Å²) in [4.78, 5) is 19.7. The Bertz CT molecular complexity index is 1400. The molecule has 8 heteroatoms. The van der Waals surface area contributed by atoms with Crippen LogP contribution in [0.2, 0.25) is 0 Å². The number of pyridine rings is 1. The van der Waals surface area contributed by atoms with Gasteiger partial charge in [0.2, 0.25) is 11.7 Å². The minimum Gasteiger partial charge on any atom is -0.339 e. The molecule has 1 N–H and O–H groups in total. The summed E-state index contributed by atoms with van der Waals surface area (Å²) in [5.74, 6) is 0.729. The van der Waals surface area contributed by atoms with Gasteiger partial charge in [0, 0.05) is 27.8 Å². The first-order chi connectivity index (χ1) is 13.6. The van der Waals surface area contributed by atoms with Crippen molar-refractivity contribution >= 4 is 37.7 Å². The summed E-state index contributed by atoms with van der Waals surface area (Å²) in [6.45, 7) is 0. The zero-order valence-corrected chi connectivity index (χ0v) is 16.4. The standard InChI is InChI=1S/C20H14BrN5O2/c1-26-17-5-2-11(6-13(17)10-22-26)7-18-24-19(25-28-18)15-9-12-8-14(21)3-4-16(12)23-20(15)27/h2-6,8-10H,7H2,1H3,(H,23,27). The number of nitrogens with zero attached hydrogens (tertiary/aromatic N) is 4. The molecule has 3 heterocycles. The van der Waals surface area contributed by atoms with Gasteiger partial charge in [-0.1, -0.05) is 27.2 Å². The van der Waals surface area contributed by atoms with Gasteiger partial charge >= 0.3 is 0 Å². The summed E-state index contributed by atoms with van der Waals surface area (Å²) >= 11 is 3.44. The lowest BCUT2D eigenvalue weighted by molar-refractivity contribution is 0.385. The van der Waals surface area contributed by atoms with Gasteiger partial charge in [0.25, 0.3) is 5.56 Å². The van der Waals surface area contributed by atoms with E-state index in [1.54, 1.807) is 6.07 Å². The molecule has 0 saturated heterocycles. The summed E-state index contributed by atoms with van der Waals surface area (Å²) in [6, 6.07) is 13.5. The fourth-order valence-corrected chi connectivity index (χ4v) is 3.66. The summed E-state index contributed by atoms with van der Waals surface area (Å²) in [7, 11) is 1.91. The number of aryl methyl sites for hydroxylation is 1. The Kier molecular flexibility index (Phi) is 3.87. The van der Waals surface area contributed by atoms with Crippen LogP contribution in [-0.2, 0) is 13.5 Å². The minimum atomic E-state index is -0.251. The highest BCUT2D eigenvalue weighted by Crippen LogP contribution is 2.22. The van der Waals surface area contributed by atoms with Crippen molar-refractivity contribution in [3.8, 4) is 11.4 Å². The number of benzene rings is 2. The maximum absolute atomic E-state index is 12.4. The molecular weight excluding hydrogens is 422 g/mol. The van der Waals surface area contributed by atoms with E-state index in [4.69, 9.17) is 4.52 Å². The molecule has 138 valence electrons. The SMILES string of the molecule is Cn1ncc2cc(Cc3nc(-c4cc5cc(Br)ccc5[nH]c4=O)no3)ccc21. The second-order valence-corrected chi connectivity index (χ2v) is 7.51. The van der Waals surface area contributed by atoms with E-state index in [1.165, 1.54) is 0 Å². The van der Waals surface area contributed by atoms with Gasteiger partial charge in [0.1, 0.15) is 0 Å². The summed E-state index contributed by atoms with van der Waals surface area (Å²) in [6.07, 6.45) is 2.31. The molecular formula is C20H14BrN5O2. The molecule has 0 aliphatic heterocycles. The van der Waals surface area contributed by atoms with Gasteiger partial charge in [-0.25, -0.2) is 0 Å².